The zero-order valence-electron chi connectivity index (χ0n) is 10.7. The number of benzene rings is 2. The van der Waals surface area contributed by atoms with Gasteiger partial charge in [-0.1, -0.05) is 42.5 Å². The van der Waals surface area contributed by atoms with Crippen LogP contribution in [0.3, 0.4) is 0 Å². The van der Waals surface area contributed by atoms with Crippen LogP contribution in [0, 0.1) is 11.3 Å². The molecule has 0 fully saturated rings. The third kappa shape index (κ3) is 2.56. The first-order valence-electron chi connectivity index (χ1n) is 6.26. The number of nitriles is 1. The van der Waals surface area contributed by atoms with Gasteiger partial charge in [0.15, 0.2) is 0 Å². The molecule has 3 rings (SSSR count). The second kappa shape index (κ2) is 5.60. The minimum Gasteiger partial charge on any atom is -0.426 e. The molecule has 2 aromatic rings. The molecule has 0 bridgehead atoms. The molecule has 5 heteroatoms. The van der Waals surface area contributed by atoms with Gasteiger partial charge in [-0.25, -0.2) is 0 Å². The first-order chi connectivity index (χ1) is 9.86. The topological polar surface area (TPSA) is 54.6 Å². The van der Waals surface area contributed by atoms with Crippen molar-refractivity contribution in [1.82, 2.24) is 0 Å². The van der Waals surface area contributed by atoms with Crippen LogP contribution in [0.5, 0.6) is 0 Å². The van der Waals surface area contributed by atoms with Crippen LogP contribution >= 0.6 is 0 Å². The lowest BCUT2D eigenvalue weighted by Gasteiger charge is -2.19. The van der Waals surface area contributed by atoms with E-state index in [0.717, 1.165) is 16.7 Å². The van der Waals surface area contributed by atoms with E-state index in [-0.39, 0.29) is 0 Å². The van der Waals surface area contributed by atoms with E-state index in [0.29, 0.717) is 12.2 Å². The van der Waals surface area contributed by atoms with E-state index in [2.05, 4.69) is 11.2 Å². The molecule has 1 heterocycles. The Morgan fingerprint density at radius 1 is 1.05 bits per heavy atom. The molecule has 0 aromatic heterocycles. The standard InChI is InChI=1S/C15H11BN2O2/c17-10-12-6-8-14(9-7-12)16-19-11-15(18-20-16)13-4-2-1-3-5-13/h1-9H,11H2. The van der Waals surface area contributed by atoms with Gasteiger partial charge in [0.2, 0.25) is 0 Å². The Bertz CT molecular complexity index is 663. The molecule has 0 saturated heterocycles. The SMILES string of the molecule is N#Cc1ccc(B2OCC(c3ccccc3)=NO2)cc1. The molecule has 0 atom stereocenters. The number of hydrogen-bond acceptors (Lipinski definition) is 4. The predicted octanol–water partition coefficient (Wildman–Crippen LogP) is 1.70. The second-order valence-corrected chi connectivity index (χ2v) is 4.39. The van der Waals surface area contributed by atoms with Crippen LogP contribution in [0.25, 0.3) is 0 Å². The summed E-state index contributed by atoms with van der Waals surface area (Å²) >= 11 is 0. The average molecular weight is 262 g/mol. The largest absolute Gasteiger partial charge is 0.585 e. The fraction of sp³-hybridized carbons (Fsp3) is 0.0667. The summed E-state index contributed by atoms with van der Waals surface area (Å²) in [5.74, 6) is 0. The van der Waals surface area contributed by atoms with E-state index in [1.807, 2.05) is 42.5 Å². The maximum absolute atomic E-state index is 8.77. The maximum Gasteiger partial charge on any atom is 0.585 e. The molecule has 1 aliphatic rings. The van der Waals surface area contributed by atoms with Crippen LogP contribution < -0.4 is 5.46 Å². The van der Waals surface area contributed by atoms with Crippen LogP contribution in [0.2, 0.25) is 0 Å². The molecule has 0 spiro atoms. The second-order valence-electron chi connectivity index (χ2n) is 4.39. The highest BCUT2D eigenvalue weighted by Gasteiger charge is 2.28. The average Bonchev–Trinajstić information content (AvgIpc) is 2.56. The molecule has 20 heavy (non-hydrogen) atoms. The molecular formula is C15H11BN2O2. The Morgan fingerprint density at radius 2 is 1.80 bits per heavy atom. The Labute approximate surface area is 117 Å². The van der Waals surface area contributed by atoms with Gasteiger partial charge in [0.1, 0.15) is 5.71 Å². The van der Waals surface area contributed by atoms with Crippen LogP contribution in [0.15, 0.2) is 59.8 Å². The molecule has 1 aliphatic heterocycles. The molecule has 0 amide bonds. The molecule has 4 nitrogen and oxygen atoms in total. The van der Waals surface area contributed by atoms with Crippen molar-refractivity contribution in [2.24, 2.45) is 5.16 Å². The van der Waals surface area contributed by atoms with Gasteiger partial charge < -0.3 is 9.41 Å². The van der Waals surface area contributed by atoms with Crippen molar-refractivity contribution < 1.29 is 9.41 Å². The molecule has 0 radical (unpaired) electrons. The van der Waals surface area contributed by atoms with Crippen molar-refractivity contribution in [2.45, 2.75) is 0 Å². The minimum absolute atomic E-state index is 0.398. The normalized spacial score (nSPS) is 14.2. The molecular weight excluding hydrogens is 251 g/mol. The first-order valence-corrected chi connectivity index (χ1v) is 6.26. The monoisotopic (exact) mass is 262 g/mol. The number of hydrogen-bond donors (Lipinski definition) is 0. The summed E-state index contributed by atoms with van der Waals surface area (Å²) in [6.45, 7) is 0.398. The van der Waals surface area contributed by atoms with Gasteiger partial charge in [-0.3, -0.25) is 0 Å². The lowest BCUT2D eigenvalue weighted by Crippen LogP contribution is -2.40. The summed E-state index contributed by atoms with van der Waals surface area (Å²) in [6, 6.07) is 19.0. The summed E-state index contributed by atoms with van der Waals surface area (Å²) in [5.41, 5.74) is 3.22. The molecule has 0 unspecified atom stereocenters. The fourth-order valence-corrected chi connectivity index (χ4v) is 1.96. The quantitative estimate of drug-likeness (QED) is 0.774. The lowest BCUT2D eigenvalue weighted by molar-refractivity contribution is 0.214. The smallest absolute Gasteiger partial charge is 0.426 e. The summed E-state index contributed by atoms with van der Waals surface area (Å²) < 4.78 is 11.1. The van der Waals surface area contributed by atoms with E-state index in [1.165, 1.54) is 0 Å². The Kier molecular flexibility index (Phi) is 3.49. The van der Waals surface area contributed by atoms with Gasteiger partial charge in [-0.05, 0) is 17.6 Å². The first kappa shape index (κ1) is 12.5. The van der Waals surface area contributed by atoms with E-state index in [4.69, 9.17) is 14.7 Å². The summed E-state index contributed by atoms with van der Waals surface area (Å²) in [7, 11) is -0.518. The van der Waals surface area contributed by atoms with E-state index in [9.17, 15) is 0 Å². The Balaban J connectivity index is 1.74. The van der Waals surface area contributed by atoms with Crippen molar-refractivity contribution >= 4 is 18.3 Å². The van der Waals surface area contributed by atoms with Gasteiger partial charge in [0.25, 0.3) is 0 Å². The minimum atomic E-state index is -0.518. The van der Waals surface area contributed by atoms with Crippen LogP contribution in [0.4, 0.5) is 0 Å². The lowest BCUT2D eigenvalue weighted by atomic mass is 9.78. The van der Waals surface area contributed by atoms with E-state index >= 15 is 0 Å². The molecule has 2 aromatic carbocycles. The Hall–Kier alpha value is -2.58. The van der Waals surface area contributed by atoms with Gasteiger partial charge in [-0.2, -0.15) is 5.26 Å². The van der Waals surface area contributed by atoms with Gasteiger partial charge in [0.05, 0.1) is 18.2 Å². The van der Waals surface area contributed by atoms with Crippen LogP contribution in [-0.4, -0.2) is 19.4 Å². The van der Waals surface area contributed by atoms with Crippen molar-refractivity contribution in [3.8, 4) is 6.07 Å². The van der Waals surface area contributed by atoms with Crippen molar-refractivity contribution in [2.75, 3.05) is 6.61 Å². The maximum atomic E-state index is 8.77. The van der Waals surface area contributed by atoms with E-state index in [1.54, 1.807) is 12.1 Å². The fourth-order valence-electron chi connectivity index (χ4n) is 1.96. The highest BCUT2D eigenvalue weighted by molar-refractivity contribution is 6.61. The molecule has 0 saturated carbocycles. The van der Waals surface area contributed by atoms with Crippen LogP contribution in [-0.2, 0) is 9.41 Å². The predicted molar refractivity (Wildman–Crippen MR) is 76.6 cm³/mol. The summed E-state index contributed by atoms with van der Waals surface area (Å²) in [6.07, 6.45) is 0. The third-order valence-electron chi connectivity index (χ3n) is 3.05. The summed E-state index contributed by atoms with van der Waals surface area (Å²) in [4.78, 5) is 0. The van der Waals surface area contributed by atoms with Gasteiger partial charge >= 0.3 is 7.12 Å². The van der Waals surface area contributed by atoms with Crippen LogP contribution in [0.1, 0.15) is 11.1 Å². The Morgan fingerprint density at radius 3 is 2.40 bits per heavy atom. The molecule has 96 valence electrons. The number of rotatable bonds is 2. The van der Waals surface area contributed by atoms with Crippen molar-refractivity contribution in [3.05, 3.63) is 65.7 Å². The molecule has 0 N–H and O–H groups in total. The van der Waals surface area contributed by atoms with Crippen molar-refractivity contribution in [3.63, 3.8) is 0 Å². The van der Waals surface area contributed by atoms with E-state index < -0.39 is 7.12 Å². The summed E-state index contributed by atoms with van der Waals surface area (Å²) in [5, 5.41) is 12.9. The highest BCUT2D eigenvalue weighted by Crippen LogP contribution is 2.09. The molecule has 0 aliphatic carbocycles. The number of nitrogens with zero attached hydrogens (tertiary/aromatic N) is 2. The zero-order chi connectivity index (χ0) is 13.8. The number of oxime groups is 1. The van der Waals surface area contributed by atoms with Gasteiger partial charge in [-0.15, -0.1) is 5.16 Å². The third-order valence-corrected chi connectivity index (χ3v) is 3.05. The van der Waals surface area contributed by atoms with Gasteiger partial charge in [0, 0.05) is 5.56 Å². The zero-order valence-corrected chi connectivity index (χ0v) is 10.7. The van der Waals surface area contributed by atoms with Crippen molar-refractivity contribution in [1.29, 1.82) is 5.26 Å². The highest BCUT2D eigenvalue weighted by atomic mass is 16.7.